The number of amides is 1. The second-order valence-electron chi connectivity index (χ2n) is 4.96. The molecule has 0 spiro atoms. The van der Waals surface area contributed by atoms with Crippen molar-refractivity contribution in [3.8, 4) is 0 Å². The van der Waals surface area contributed by atoms with E-state index in [4.69, 9.17) is 0 Å². The number of carbonyl (C=O) groups is 1. The maximum absolute atomic E-state index is 13.6. The maximum Gasteiger partial charge on any atom is 0.258 e. The quantitative estimate of drug-likeness (QED) is 0.763. The van der Waals surface area contributed by atoms with Crippen molar-refractivity contribution < 1.29 is 13.6 Å². The molecule has 7 heteroatoms. The van der Waals surface area contributed by atoms with E-state index in [9.17, 15) is 18.4 Å². The predicted octanol–water partition coefficient (Wildman–Crippen LogP) is 2.76. The van der Waals surface area contributed by atoms with Gasteiger partial charge in [-0.25, -0.2) is 13.8 Å². The summed E-state index contributed by atoms with van der Waals surface area (Å²) in [7, 11) is 0. The molecule has 1 aromatic heterocycles. The highest BCUT2D eigenvalue weighted by atomic mass is 19.1. The number of carbonyl (C=O) groups excluding carboxylic acids is 1. The van der Waals surface area contributed by atoms with E-state index in [1.54, 1.807) is 19.1 Å². The zero-order valence-electron chi connectivity index (χ0n) is 12.0. The van der Waals surface area contributed by atoms with Gasteiger partial charge in [-0.15, -0.1) is 0 Å². The second kappa shape index (κ2) is 5.60. The number of fused-ring (bicyclic) bond motifs is 1. The number of halogens is 2. The van der Waals surface area contributed by atoms with Crippen molar-refractivity contribution in [1.29, 1.82) is 0 Å². The van der Waals surface area contributed by atoms with E-state index < -0.39 is 17.5 Å². The first-order valence-electron chi connectivity index (χ1n) is 6.71. The van der Waals surface area contributed by atoms with Crippen LogP contribution in [0.3, 0.4) is 0 Å². The largest absolute Gasteiger partial charge is 0.322 e. The molecule has 0 atom stereocenters. The third-order valence-corrected chi connectivity index (χ3v) is 3.26. The fraction of sp³-hybridized carbons (Fsp3) is 0.0625. The lowest BCUT2D eigenvalue weighted by atomic mass is 10.1. The first kappa shape index (κ1) is 14.8. The molecule has 0 saturated carbocycles. The molecule has 5 nitrogen and oxygen atoms in total. The van der Waals surface area contributed by atoms with E-state index in [2.05, 4.69) is 15.3 Å². The Labute approximate surface area is 129 Å². The molecular formula is C16H11F2N3O2. The van der Waals surface area contributed by atoms with Crippen LogP contribution < -0.4 is 10.9 Å². The van der Waals surface area contributed by atoms with Crippen LogP contribution in [0.2, 0.25) is 0 Å². The molecule has 3 rings (SSSR count). The van der Waals surface area contributed by atoms with Crippen LogP contribution in [0.4, 0.5) is 14.5 Å². The summed E-state index contributed by atoms with van der Waals surface area (Å²) in [4.78, 5) is 30.7. The number of H-pyrrole nitrogens is 1. The second-order valence-corrected chi connectivity index (χ2v) is 4.96. The molecule has 3 aromatic rings. The van der Waals surface area contributed by atoms with Gasteiger partial charge in [0.25, 0.3) is 11.5 Å². The minimum atomic E-state index is -0.960. The summed E-state index contributed by atoms with van der Waals surface area (Å²) in [6.45, 7) is 1.66. The van der Waals surface area contributed by atoms with Crippen LogP contribution in [0, 0.1) is 18.6 Å². The van der Waals surface area contributed by atoms with Crippen molar-refractivity contribution in [3.63, 3.8) is 0 Å². The lowest BCUT2D eigenvalue weighted by Crippen LogP contribution is -2.15. The first-order valence-corrected chi connectivity index (χ1v) is 6.71. The fourth-order valence-electron chi connectivity index (χ4n) is 2.21. The van der Waals surface area contributed by atoms with Crippen LogP contribution >= 0.6 is 0 Å². The number of aromatic amines is 1. The van der Waals surface area contributed by atoms with Gasteiger partial charge in [0.05, 0.1) is 16.5 Å². The molecule has 1 amide bonds. The Kier molecular flexibility index (Phi) is 3.61. The molecule has 2 N–H and O–H groups in total. The summed E-state index contributed by atoms with van der Waals surface area (Å²) in [5.41, 5.74) is 0.165. The van der Waals surface area contributed by atoms with Crippen LogP contribution in [-0.2, 0) is 0 Å². The Bertz CT molecular complexity index is 983. The van der Waals surface area contributed by atoms with Gasteiger partial charge < -0.3 is 10.3 Å². The number of aryl methyl sites for hydroxylation is 1. The molecule has 0 unspecified atom stereocenters. The summed E-state index contributed by atoms with van der Waals surface area (Å²) in [6, 6.07) is 7.25. The number of nitrogens with zero attached hydrogens (tertiary/aromatic N) is 1. The Balaban J connectivity index is 1.95. The molecule has 0 fully saturated rings. The fourth-order valence-corrected chi connectivity index (χ4v) is 2.21. The van der Waals surface area contributed by atoms with E-state index in [-0.39, 0.29) is 11.1 Å². The third kappa shape index (κ3) is 2.94. The standard InChI is InChI=1S/C16H11F2N3O2/c1-8-19-14-5-3-10(7-12(14)16(23)20-8)21-15(22)11-4-2-9(17)6-13(11)18/h2-7H,1H3,(H,21,22)(H,19,20,23). The minimum Gasteiger partial charge on any atom is -0.322 e. The van der Waals surface area contributed by atoms with Gasteiger partial charge >= 0.3 is 0 Å². The number of benzene rings is 2. The Morgan fingerprint density at radius 2 is 1.96 bits per heavy atom. The molecule has 116 valence electrons. The summed E-state index contributed by atoms with van der Waals surface area (Å²) < 4.78 is 26.5. The number of aromatic nitrogens is 2. The van der Waals surface area contributed by atoms with Crippen molar-refractivity contribution in [2.24, 2.45) is 0 Å². The van der Waals surface area contributed by atoms with Gasteiger partial charge in [0.15, 0.2) is 0 Å². The van der Waals surface area contributed by atoms with E-state index in [1.165, 1.54) is 6.07 Å². The molecule has 0 bridgehead atoms. The molecule has 23 heavy (non-hydrogen) atoms. The topological polar surface area (TPSA) is 74.8 Å². The molecule has 0 saturated heterocycles. The van der Waals surface area contributed by atoms with Crippen molar-refractivity contribution in [1.82, 2.24) is 9.97 Å². The normalized spacial score (nSPS) is 10.7. The van der Waals surface area contributed by atoms with Crippen molar-refractivity contribution in [2.75, 3.05) is 5.32 Å². The molecule has 0 aliphatic heterocycles. The van der Waals surface area contributed by atoms with Crippen LogP contribution in [0.25, 0.3) is 10.9 Å². The lowest BCUT2D eigenvalue weighted by Gasteiger charge is -2.07. The molecule has 0 radical (unpaired) electrons. The molecule has 0 aliphatic rings. The minimum absolute atomic E-state index is 0.289. The van der Waals surface area contributed by atoms with E-state index in [0.29, 0.717) is 28.5 Å². The number of anilines is 1. The highest BCUT2D eigenvalue weighted by Gasteiger charge is 2.13. The average Bonchev–Trinajstić information content (AvgIpc) is 2.47. The van der Waals surface area contributed by atoms with Crippen LogP contribution in [0.15, 0.2) is 41.2 Å². The lowest BCUT2D eigenvalue weighted by molar-refractivity contribution is 0.102. The average molecular weight is 315 g/mol. The van der Waals surface area contributed by atoms with Crippen LogP contribution in [0.5, 0.6) is 0 Å². The number of hydrogen-bond donors (Lipinski definition) is 2. The van der Waals surface area contributed by atoms with Gasteiger partial charge in [0, 0.05) is 11.8 Å². The van der Waals surface area contributed by atoms with E-state index >= 15 is 0 Å². The molecule has 0 aliphatic carbocycles. The van der Waals surface area contributed by atoms with Crippen molar-refractivity contribution >= 4 is 22.5 Å². The highest BCUT2D eigenvalue weighted by molar-refractivity contribution is 6.05. The predicted molar refractivity (Wildman–Crippen MR) is 81.4 cm³/mol. The Hall–Kier alpha value is -3.09. The number of hydrogen-bond acceptors (Lipinski definition) is 3. The van der Waals surface area contributed by atoms with Gasteiger partial charge in [0.1, 0.15) is 17.5 Å². The Morgan fingerprint density at radius 3 is 2.70 bits per heavy atom. The van der Waals surface area contributed by atoms with Crippen LogP contribution in [0.1, 0.15) is 16.2 Å². The number of nitrogens with one attached hydrogen (secondary N) is 2. The van der Waals surface area contributed by atoms with Gasteiger partial charge in [-0.3, -0.25) is 9.59 Å². The summed E-state index contributed by atoms with van der Waals surface area (Å²) in [6.07, 6.45) is 0. The van der Waals surface area contributed by atoms with Crippen LogP contribution in [-0.4, -0.2) is 15.9 Å². The monoisotopic (exact) mass is 315 g/mol. The van der Waals surface area contributed by atoms with Crippen molar-refractivity contribution in [3.05, 3.63) is 69.8 Å². The van der Waals surface area contributed by atoms with Gasteiger partial charge in [0.2, 0.25) is 0 Å². The molecule has 1 heterocycles. The SMILES string of the molecule is Cc1nc2ccc(NC(=O)c3ccc(F)cc3F)cc2c(=O)[nH]1. The maximum atomic E-state index is 13.6. The van der Waals surface area contributed by atoms with E-state index in [1.807, 2.05) is 0 Å². The van der Waals surface area contributed by atoms with E-state index in [0.717, 1.165) is 12.1 Å². The van der Waals surface area contributed by atoms with Gasteiger partial charge in [-0.1, -0.05) is 0 Å². The summed E-state index contributed by atoms with van der Waals surface area (Å²) in [5.74, 6) is -1.98. The Morgan fingerprint density at radius 1 is 1.17 bits per heavy atom. The molecule has 2 aromatic carbocycles. The van der Waals surface area contributed by atoms with Gasteiger partial charge in [-0.2, -0.15) is 0 Å². The first-order chi connectivity index (χ1) is 10.9. The summed E-state index contributed by atoms with van der Waals surface area (Å²) in [5, 5.41) is 2.77. The zero-order chi connectivity index (χ0) is 16.6. The van der Waals surface area contributed by atoms with Gasteiger partial charge in [-0.05, 0) is 37.3 Å². The highest BCUT2D eigenvalue weighted by Crippen LogP contribution is 2.17. The number of rotatable bonds is 2. The smallest absolute Gasteiger partial charge is 0.258 e. The molecular weight excluding hydrogens is 304 g/mol. The third-order valence-electron chi connectivity index (χ3n) is 3.26. The summed E-state index contributed by atoms with van der Waals surface area (Å²) >= 11 is 0. The zero-order valence-corrected chi connectivity index (χ0v) is 12.0. The van der Waals surface area contributed by atoms with Crippen molar-refractivity contribution in [2.45, 2.75) is 6.92 Å².